The van der Waals surface area contributed by atoms with E-state index in [1.165, 1.54) is 22.4 Å². The Morgan fingerprint density at radius 3 is 2.37 bits per heavy atom. The molecule has 2 aliphatic rings. The van der Waals surface area contributed by atoms with Gasteiger partial charge < -0.3 is 9.64 Å². The summed E-state index contributed by atoms with van der Waals surface area (Å²) in [5.41, 5.74) is 6.84. The van der Waals surface area contributed by atoms with E-state index in [4.69, 9.17) is 9.72 Å². The standard InChI is InChI=1S/C31H36N2O2/c1-23-10-12-27(13-11-23)31(16-20-35-21-17-31)30(34)33-18-14-25(15-19-33)29-9-5-8-28(32-29)22-26-7-4-3-6-24(26)2/h3-13,25H,14-22H2,1-2H3. The minimum absolute atomic E-state index is 0.282. The predicted octanol–water partition coefficient (Wildman–Crippen LogP) is 5.74. The molecule has 4 heteroatoms. The summed E-state index contributed by atoms with van der Waals surface area (Å²) in [5.74, 6) is 0.685. The van der Waals surface area contributed by atoms with Gasteiger partial charge in [-0.15, -0.1) is 0 Å². The van der Waals surface area contributed by atoms with Crippen molar-refractivity contribution >= 4 is 5.91 Å². The monoisotopic (exact) mass is 468 g/mol. The van der Waals surface area contributed by atoms with E-state index in [1.54, 1.807) is 0 Å². The van der Waals surface area contributed by atoms with Gasteiger partial charge in [-0.25, -0.2) is 0 Å². The van der Waals surface area contributed by atoms with Crippen LogP contribution < -0.4 is 0 Å². The van der Waals surface area contributed by atoms with Crippen LogP contribution in [0, 0.1) is 13.8 Å². The van der Waals surface area contributed by atoms with Crippen molar-refractivity contribution in [1.82, 2.24) is 9.88 Å². The Morgan fingerprint density at radius 1 is 0.943 bits per heavy atom. The fraction of sp³-hybridized carbons (Fsp3) is 0.419. The molecular formula is C31H36N2O2. The Kier molecular flexibility index (Phi) is 7.01. The first kappa shape index (κ1) is 23.7. The summed E-state index contributed by atoms with van der Waals surface area (Å²) < 4.78 is 5.66. The van der Waals surface area contributed by atoms with E-state index in [9.17, 15) is 4.79 Å². The van der Waals surface area contributed by atoms with Crippen molar-refractivity contribution < 1.29 is 9.53 Å². The first-order valence-corrected chi connectivity index (χ1v) is 13.0. The summed E-state index contributed by atoms with van der Waals surface area (Å²) in [7, 11) is 0. The summed E-state index contributed by atoms with van der Waals surface area (Å²) in [6, 6.07) is 23.5. The quantitative estimate of drug-likeness (QED) is 0.479. The van der Waals surface area contributed by atoms with E-state index >= 15 is 0 Å². The lowest BCUT2D eigenvalue weighted by atomic mass is 9.72. The Balaban J connectivity index is 1.28. The third-order valence-corrected chi connectivity index (χ3v) is 8.02. The maximum Gasteiger partial charge on any atom is 0.233 e. The average molecular weight is 469 g/mol. The molecule has 0 saturated carbocycles. The van der Waals surface area contributed by atoms with Crippen LogP contribution in [0.4, 0.5) is 0 Å². The van der Waals surface area contributed by atoms with Crippen LogP contribution in [0.15, 0.2) is 66.7 Å². The molecule has 0 aliphatic carbocycles. The second-order valence-electron chi connectivity index (χ2n) is 10.3. The van der Waals surface area contributed by atoms with Crippen molar-refractivity contribution in [2.24, 2.45) is 0 Å². The molecule has 3 heterocycles. The summed E-state index contributed by atoms with van der Waals surface area (Å²) in [6.07, 6.45) is 4.31. The van der Waals surface area contributed by atoms with Crippen molar-refractivity contribution in [3.05, 3.63) is 100 Å². The normalized spacial score (nSPS) is 18.4. The maximum atomic E-state index is 13.9. The SMILES string of the molecule is Cc1ccc(C2(C(=O)N3CCC(c4cccc(Cc5ccccc5C)n4)CC3)CCOCC2)cc1. The summed E-state index contributed by atoms with van der Waals surface area (Å²) in [6.45, 7) is 7.13. The molecule has 0 unspecified atom stereocenters. The highest BCUT2D eigenvalue weighted by Crippen LogP contribution is 2.38. The van der Waals surface area contributed by atoms with Crippen LogP contribution in [0.3, 0.4) is 0 Å². The Labute approximate surface area is 209 Å². The lowest BCUT2D eigenvalue weighted by molar-refractivity contribution is -0.142. The molecule has 2 saturated heterocycles. The van der Waals surface area contributed by atoms with Gasteiger partial charge in [0.1, 0.15) is 0 Å². The Hall–Kier alpha value is -2.98. The Bertz CT molecular complexity index is 1160. The smallest absolute Gasteiger partial charge is 0.233 e. The van der Waals surface area contributed by atoms with Gasteiger partial charge in [-0.05, 0) is 68.4 Å². The minimum atomic E-state index is -0.454. The van der Waals surface area contributed by atoms with E-state index in [-0.39, 0.29) is 5.91 Å². The van der Waals surface area contributed by atoms with Crippen LogP contribution in [0.1, 0.15) is 65.2 Å². The van der Waals surface area contributed by atoms with Gasteiger partial charge in [0.15, 0.2) is 0 Å². The number of hydrogen-bond donors (Lipinski definition) is 0. The summed E-state index contributed by atoms with van der Waals surface area (Å²) in [4.78, 5) is 21.1. The zero-order valence-electron chi connectivity index (χ0n) is 21.0. The van der Waals surface area contributed by atoms with Crippen LogP contribution in [0.25, 0.3) is 0 Å². The van der Waals surface area contributed by atoms with Crippen LogP contribution in [-0.2, 0) is 21.4 Å². The first-order chi connectivity index (χ1) is 17.0. The number of carbonyl (C=O) groups is 1. The zero-order valence-corrected chi connectivity index (χ0v) is 21.0. The number of pyridine rings is 1. The van der Waals surface area contributed by atoms with Gasteiger partial charge in [-0.2, -0.15) is 0 Å². The van der Waals surface area contributed by atoms with E-state index in [0.717, 1.165) is 56.5 Å². The van der Waals surface area contributed by atoms with Crippen molar-refractivity contribution in [3.63, 3.8) is 0 Å². The van der Waals surface area contributed by atoms with E-state index in [0.29, 0.717) is 19.1 Å². The van der Waals surface area contributed by atoms with Gasteiger partial charge in [0.2, 0.25) is 5.91 Å². The van der Waals surface area contributed by atoms with Gasteiger partial charge in [-0.3, -0.25) is 9.78 Å². The highest BCUT2D eigenvalue weighted by Gasteiger charge is 2.44. The number of rotatable bonds is 5. The highest BCUT2D eigenvalue weighted by atomic mass is 16.5. The number of likely N-dealkylation sites (tertiary alicyclic amines) is 1. The molecule has 0 radical (unpaired) electrons. The molecule has 2 aromatic carbocycles. The molecule has 35 heavy (non-hydrogen) atoms. The Morgan fingerprint density at radius 2 is 1.66 bits per heavy atom. The number of hydrogen-bond acceptors (Lipinski definition) is 3. The zero-order chi connectivity index (χ0) is 24.3. The van der Waals surface area contributed by atoms with E-state index in [2.05, 4.69) is 85.5 Å². The van der Waals surface area contributed by atoms with Crippen molar-refractivity contribution in [1.29, 1.82) is 0 Å². The number of aromatic nitrogens is 1. The minimum Gasteiger partial charge on any atom is -0.381 e. The first-order valence-electron chi connectivity index (χ1n) is 13.0. The largest absolute Gasteiger partial charge is 0.381 e. The predicted molar refractivity (Wildman–Crippen MR) is 140 cm³/mol. The molecule has 0 bridgehead atoms. The van der Waals surface area contributed by atoms with E-state index in [1.807, 2.05) is 0 Å². The average Bonchev–Trinajstić information content (AvgIpc) is 2.91. The van der Waals surface area contributed by atoms with Crippen LogP contribution >= 0.6 is 0 Å². The van der Waals surface area contributed by atoms with Gasteiger partial charge in [0.05, 0.1) is 5.41 Å². The number of aryl methyl sites for hydroxylation is 2. The number of nitrogens with zero attached hydrogens (tertiary/aromatic N) is 2. The lowest BCUT2D eigenvalue weighted by Crippen LogP contribution is -2.51. The lowest BCUT2D eigenvalue weighted by Gasteiger charge is -2.42. The number of piperidine rings is 1. The molecule has 0 N–H and O–H groups in total. The van der Waals surface area contributed by atoms with Gasteiger partial charge in [0, 0.05) is 50.0 Å². The van der Waals surface area contributed by atoms with Crippen molar-refractivity contribution in [2.45, 2.75) is 57.3 Å². The van der Waals surface area contributed by atoms with Crippen molar-refractivity contribution in [2.75, 3.05) is 26.3 Å². The molecule has 2 fully saturated rings. The van der Waals surface area contributed by atoms with Crippen LogP contribution in [0.2, 0.25) is 0 Å². The highest BCUT2D eigenvalue weighted by molar-refractivity contribution is 5.88. The van der Waals surface area contributed by atoms with E-state index < -0.39 is 5.41 Å². The molecular weight excluding hydrogens is 432 g/mol. The summed E-state index contributed by atoms with van der Waals surface area (Å²) >= 11 is 0. The molecule has 3 aromatic rings. The molecule has 4 nitrogen and oxygen atoms in total. The molecule has 1 aromatic heterocycles. The second-order valence-corrected chi connectivity index (χ2v) is 10.3. The summed E-state index contributed by atoms with van der Waals surface area (Å²) in [5, 5.41) is 0. The van der Waals surface area contributed by atoms with Crippen LogP contribution in [-0.4, -0.2) is 42.1 Å². The molecule has 0 atom stereocenters. The van der Waals surface area contributed by atoms with Gasteiger partial charge in [-0.1, -0.05) is 60.2 Å². The number of carbonyl (C=O) groups excluding carboxylic acids is 1. The maximum absolute atomic E-state index is 13.9. The second kappa shape index (κ2) is 10.3. The molecule has 182 valence electrons. The molecule has 5 rings (SSSR count). The van der Waals surface area contributed by atoms with Gasteiger partial charge >= 0.3 is 0 Å². The third kappa shape index (κ3) is 5.04. The number of ether oxygens (including phenoxy) is 1. The topological polar surface area (TPSA) is 42.4 Å². The third-order valence-electron chi connectivity index (χ3n) is 8.02. The van der Waals surface area contributed by atoms with Gasteiger partial charge in [0.25, 0.3) is 0 Å². The van der Waals surface area contributed by atoms with Crippen molar-refractivity contribution in [3.8, 4) is 0 Å². The number of benzene rings is 2. The number of amides is 1. The molecule has 1 amide bonds. The fourth-order valence-corrected chi connectivity index (χ4v) is 5.73. The molecule has 2 aliphatic heterocycles. The fourth-order valence-electron chi connectivity index (χ4n) is 5.73. The van der Waals surface area contributed by atoms with Crippen LogP contribution in [0.5, 0.6) is 0 Å². The molecule has 0 spiro atoms.